The van der Waals surface area contributed by atoms with Gasteiger partial charge in [-0.3, -0.25) is 0 Å². The molecule has 0 spiro atoms. The maximum Gasteiger partial charge on any atom is 0.372 e. The SMILES string of the molecule is CCCCCCCC[P+](C)(CCCCCCCC)CCCCCCCC.O=P([O-])(Oc1ccccc1)Oc1ccccc1. The van der Waals surface area contributed by atoms with Crippen LogP contribution in [0.4, 0.5) is 0 Å². The molecule has 0 aliphatic carbocycles. The Morgan fingerprint density at radius 2 is 0.791 bits per heavy atom. The predicted molar refractivity (Wildman–Crippen MR) is 189 cm³/mol. The van der Waals surface area contributed by atoms with Gasteiger partial charge >= 0.3 is 7.82 Å². The molecule has 0 bridgehead atoms. The van der Waals surface area contributed by atoms with Gasteiger partial charge in [0.15, 0.2) is 0 Å². The molecule has 0 fully saturated rings. The molecule has 0 aliphatic rings. The lowest BCUT2D eigenvalue weighted by atomic mass is 10.1. The van der Waals surface area contributed by atoms with Crippen molar-refractivity contribution in [2.24, 2.45) is 0 Å². The molecule has 0 saturated carbocycles. The fourth-order valence-electron chi connectivity index (χ4n) is 5.40. The van der Waals surface area contributed by atoms with Gasteiger partial charge in [0.2, 0.25) is 0 Å². The molecule has 0 unspecified atom stereocenters. The van der Waals surface area contributed by atoms with Gasteiger partial charge in [-0.25, -0.2) is 4.57 Å². The second-order valence-corrected chi connectivity index (χ2v) is 18.2. The highest BCUT2D eigenvalue weighted by atomic mass is 31.2. The highest BCUT2D eigenvalue weighted by Crippen LogP contribution is 2.57. The van der Waals surface area contributed by atoms with Crippen LogP contribution in [-0.4, -0.2) is 25.2 Å². The molecule has 0 atom stereocenters. The van der Waals surface area contributed by atoms with Crippen LogP contribution in [0.3, 0.4) is 0 Å². The number of unbranched alkanes of at least 4 members (excludes halogenated alkanes) is 15. The first-order chi connectivity index (χ1) is 20.8. The van der Waals surface area contributed by atoms with Crippen LogP contribution in [0.1, 0.15) is 136 Å². The van der Waals surface area contributed by atoms with Gasteiger partial charge in [-0.15, -0.1) is 0 Å². The van der Waals surface area contributed by atoms with Crippen LogP contribution in [-0.2, 0) is 4.57 Å². The molecule has 6 heteroatoms. The summed E-state index contributed by atoms with van der Waals surface area (Å²) >= 11 is 0. The quantitative estimate of drug-likeness (QED) is 0.0805. The monoisotopic (exact) mass is 634 g/mol. The highest BCUT2D eigenvalue weighted by Gasteiger charge is 2.29. The van der Waals surface area contributed by atoms with E-state index in [0.717, 1.165) is 0 Å². The van der Waals surface area contributed by atoms with E-state index in [1.54, 1.807) is 79.1 Å². The average molecular weight is 635 g/mol. The summed E-state index contributed by atoms with van der Waals surface area (Å²) in [6.07, 6.45) is 31.2. The number of benzene rings is 2. The van der Waals surface area contributed by atoms with Gasteiger partial charge in [0, 0.05) is 13.9 Å². The Morgan fingerprint density at radius 3 is 1.09 bits per heavy atom. The minimum Gasteiger partial charge on any atom is -0.736 e. The number of phosphoric ester groups is 1. The number of phosphoric acid groups is 1. The van der Waals surface area contributed by atoms with Crippen LogP contribution >= 0.6 is 15.1 Å². The summed E-state index contributed by atoms with van der Waals surface area (Å²) in [5, 5.41) is 0. The Morgan fingerprint density at radius 1 is 0.512 bits per heavy atom. The van der Waals surface area contributed by atoms with Gasteiger partial charge < -0.3 is 13.9 Å². The summed E-state index contributed by atoms with van der Waals surface area (Å²) in [5.41, 5.74) is 0. The molecule has 0 aliphatic heterocycles. The summed E-state index contributed by atoms with van der Waals surface area (Å²) in [4.78, 5) is 11.6. The largest absolute Gasteiger partial charge is 0.736 e. The van der Waals surface area contributed by atoms with Crippen molar-refractivity contribution in [1.82, 2.24) is 0 Å². The van der Waals surface area contributed by atoms with E-state index in [9.17, 15) is 9.46 Å². The van der Waals surface area contributed by atoms with Gasteiger partial charge in [0.1, 0.15) is 11.5 Å². The van der Waals surface area contributed by atoms with Gasteiger partial charge in [-0.05, 0) is 62.8 Å². The second kappa shape index (κ2) is 25.9. The summed E-state index contributed by atoms with van der Waals surface area (Å²) in [7, 11) is -5.02. The summed E-state index contributed by atoms with van der Waals surface area (Å²) in [6, 6.07) is 16.4. The lowest BCUT2D eigenvalue weighted by Gasteiger charge is -2.24. The first kappa shape index (κ1) is 39.7. The summed E-state index contributed by atoms with van der Waals surface area (Å²) in [5.74, 6) is 0.448. The minimum absolute atomic E-state index is 0.224. The predicted octanol–water partition coefficient (Wildman–Crippen LogP) is 12.3. The Labute approximate surface area is 266 Å². The topological polar surface area (TPSA) is 58.6 Å². The van der Waals surface area contributed by atoms with E-state index >= 15 is 0 Å². The van der Waals surface area contributed by atoms with Crippen LogP contribution < -0.4 is 13.9 Å². The first-order valence-electron chi connectivity index (χ1n) is 17.5. The number of para-hydroxylation sites is 2. The Balaban J connectivity index is 0.000000465. The zero-order valence-corrected chi connectivity index (χ0v) is 29.9. The lowest BCUT2D eigenvalue weighted by molar-refractivity contribution is -0.208. The number of hydrogen-bond donors (Lipinski definition) is 0. The number of hydrogen-bond acceptors (Lipinski definition) is 4. The first-order valence-corrected chi connectivity index (χ1v) is 21.7. The fraction of sp³-hybridized carbons (Fsp3) is 0.676. The molecule has 0 N–H and O–H groups in total. The molecular weight excluding hydrogens is 570 g/mol. The van der Waals surface area contributed by atoms with E-state index in [1.165, 1.54) is 116 Å². The van der Waals surface area contributed by atoms with Gasteiger partial charge in [0.25, 0.3) is 0 Å². The minimum atomic E-state index is -4.39. The standard InChI is InChI=1S/C25H54P.C12H11O4P/c1-5-8-11-14-17-20-23-26(4,24-21-18-15-12-9-6-2)25-22-19-16-13-10-7-3;13-17(14,15-11-7-3-1-4-8-11)16-12-9-5-2-6-10-12/h5-25H2,1-4H3;1-10H,(H,13,14)/q+1;/p-1. The van der Waals surface area contributed by atoms with E-state index in [0.29, 0.717) is 0 Å². The molecule has 2 aromatic carbocycles. The second-order valence-electron chi connectivity index (χ2n) is 12.3. The molecule has 4 nitrogen and oxygen atoms in total. The molecule has 43 heavy (non-hydrogen) atoms. The van der Waals surface area contributed by atoms with E-state index in [4.69, 9.17) is 9.05 Å². The van der Waals surface area contributed by atoms with Crippen molar-refractivity contribution < 1.29 is 18.5 Å². The van der Waals surface area contributed by atoms with Crippen LogP contribution in [0.2, 0.25) is 0 Å². The Bertz CT molecular complexity index is 836. The average Bonchev–Trinajstić information content (AvgIpc) is 2.99. The Kier molecular flexibility index (Phi) is 23.9. The van der Waals surface area contributed by atoms with Crippen LogP contribution in [0.15, 0.2) is 60.7 Å². The van der Waals surface area contributed by atoms with Crippen molar-refractivity contribution in [2.45, 2.75) is 136 Å². The molecule has 0 aromatic heterocycles. The van der Waals surface area contributed by atoms with Crippen molar-refractivity contribution in [3.8, 4) is 11.5 Å². The number of rotatable bonds is 25. The molecule has 0 amide bonds. The van der Waals surface area contributed by atoms with Crippen molar-refractivity contribution in [3.63, 3.8) is 0 Å². The van der Waals surface area contributed by atoms with Gasteiger partial charge in [0.05, 0.1) is 18.5 Å². The van der Waals surface area contributed by atoms with Crippen molar-refractivity contribution in [3.05, 3.63) is 60.7 Å². The molecule has 2 aromatic rings. The smallest absolute Gasteiger partial charge is 0.372 e. The normalized spacial score (nSPS) is 11.6. The molecule has 246 valence electrons. The van der Waals surface area contributed by atoms with Gasteiger partial charge in [-0.1, -0.05) is 134 Å². The van der Waals surface area contributed by atoms with E-state index in [-0.39, 0.29) is 11.5 Å². The van der Waals surface area contributed by atoms with Crippen LogP contribution in [0, 0.1) is 0 Å². The molecule has 0 saturated heterocycles. The van der Waals surface area contributed by atoms with Crippen LogP contribution in [0.25, 0.3) is 0 Å². The third-order valence-electron chi connectivity index (χ3n) is 8.08. The van der Waals surface area contributed by atoms with E-state index in [1.807, 2.05) is 0 Å². The molecule has 0 radical (unpaired) electrons. The van der Waals surface area contributed by atoms with Crippen LogP contribution in [0.5, 0.6) is 11.5 Å². The van der Waals surface area contributed by atoms with Crippen molar-refractivity contribution >= 4 is 15.1 Å². The zero-order valence-electron chi connectivity index (χ0n) is 28.2. The third-order valence-corrected chi connectivity index (χ3v) is 13.1. The molecule has 0 heterocycles. The lowest BCUT2D eigenvalue weighted by Crippen LogP contribution is -2.12. The van der Waals surface area contributed by atoms with Crippen molar-refractivity contribution in [1.29, 1.82) is 0 Å². The third kappa shape index (κ3) is 22.8. The zero-order chi connectivity index (χ0) is 31.5. The Hall–Kier alpha value is -1.34. The van der Waals surface area contributed by atoms with Crippen molar-refractivity contribution in [2.75, 3.05) is 25.2 Å². The summed E-state index contributed by atoms with van der Waals surface area (Å²) < 4.78 is 21.1. The maximum absolute atomic E-state index is 11.6. The molecule has 2 rings (SSSR count). The van der Waals surface area contributed by atoms with E-state index in [2.05, 4.69) is 27.4 Å². The van der Waals surface area contributed by atoms with E-state index < -0.39 is 15.1 Å². The highest BCUT2D eigenvalue weighted by molar-refractivity contribution is 7.75. The fourth-order valence-corrected chi connectivity index (χ4v) is 9.83. The maximum atomic E-state index is 11.6. The molecular formula is C37H64O4P2. The summed E-state index contributed by atoms with van der Waals surface area (Å²) in [6.45, 7) is 9.70. The van der Waals surface area contributed by atoms with Gasteiger partial charge in [-0.2, -0.15) is 0 Å².